The molecule has 7 heteroatoms. The fourth-order valence-electron chi connectivity index (χ4n) is 2.06. The van der Waals surface area contributed by atoms with E-state index in [1.807, 2.05) is 18.2 Å². The highest BCUT2D eigenvalue weighted by atomic mass is 35.5. The molecule has 0 unspecified atom stereocenters. The van der Waals surface area contributed by atoms with Gasteiger partial charge in [0.2, 0.25) is 5.91 Å². The first-order chi connectivity index (χ1) is 11.1. The molecule has 3 rings (SSSR count). The second-order valence-corrected chi connectivity index (χ2v) is 5.25. The van der Waals surface area contributed by atoms with Crippen molar-refractivity contribution in [1.29, 1.82) is 0 Å². The maximum absolute atomic E-state index is 11.9. The van der Waals surface area contributed by atoms with Gasteiger partial charge in [0.1, 0.15) is 5.69 Å². The number of fused-ring (bicyclic) bond motifs is 1. The van der Waals surface area contributed by atoms with Crippen LogP contribution in [-0.2, 0) is 11.2 Å². The molecule has 2 N–H and O–H groups in total. The number of nitrogens with zero attached hydrogens (tertiary/aromatic N) is 1. The smallest absolute Gasteiger partial charge is 0.269 e. The minimum atomic E-state index is -0.431. The molecule has 0 bridgehead atoms. The number of halogens is 1. The molecule has 0 fully saturated rings. The van der Waals surface area contributed by atoms with Crippen LogP contribution in [0.4, 0.5) is 0 Å². The van der Waals surface area contributed by atoms with E-state index in [9.17, 15) is 9.59 Å². The minimum Gasteiger partial charge on any atom is -0.356 e. The second kappa shape index (κ2) is 6.50. The van der Waals surface area contributed by atoms with Crippen LogP contribution in [0.25, 0.3) is 11.0 Å². The van der Waals surface area contributed by atoms with Gasteiger partial charge in [0.25, 0.3) is 5.91 Å². The van der Waals surface area contributed by atoms with Crippen LogP contribution >= 0.6 is 11.6 Å². The zero-order valence-corrected chi connectivity index (χ0v) is 12.6. The topological polar surface area (TPSA) is 84.2 Å². The molecule has 0 aliphatic carbocycles. The highest BCUT2D eigenvalue weighted by Gasteiger charge is 2.13. The molecule has 2 aromatic carbocycles. The highest BCUT2D eigenvalue weighted by Crippen LogP contribution is 2.17. The first kappa shape index (κ1) is 15.1. The molecule has 0 atom stereocenters. The summed E-state index contributed by atoms with van der Waals surface area (Å²) in [5.41, 5.74) is 6.20. The van der Waals surface area contributed by atoms with E-state index >= 15 is 0 Å². The van der Waals surface area contributed by atoms with Crippen LogP contribution in [-0.4, -0.2) is 17.0 Å². The summed E-state index contributed by atoms with van der Waals surface area (Å²) in [6.07, 6.45) is -0.00207. The predicted octanol–water partition coefficient (Wildman–Crippen LogP) is 2.48. The molecule has 0 aliphatic heterocycles. The van der Waals surface area contributed by atoms with Gasteiger partial charge in [-0.3, -0.25) is 20.4 Å². The van der Waals surface area contributed by atoms with Crippen LogP contribution in [0.1, 0.15) is 16.1 Å². The molecule has 0 spiro atoms. The fraction of sp³-hybridized carbons (Fsp3) is 0.0625. The average molecular weight is 330 g/mol. The Morgan fingerprint density at radius 1 is 1.04 bits per heavy atom. The van der Waals surface area contributed by atoms with Crippen LogP contribution in [0, 0.1) is 0 Å². The standard InChI is InChI=1S/C16H12ClN3O3/c17-11-7-5-10(6-8-11)16(22)19-18-15(21)9-13-12-3-1-2-4-14(12)23-20-13/h1-8H,9H2,(H,18,21)(H,19,22). The Balaban J connectivity index is 1.59. The largest absolute Gasteiger partial charge is 0.356 e. The number of carbonyl (C=O) groups excluding carboxylic acids is 2. The number of hydrazine groups is 1. The lowest BCUT2D eigenvalue weighted by Crippen LogP contribution is -2.42. The lowest BCUT2D eigenvalue weighted by atomic mass is 10.2. The Labute approximate surface area is 136 Å². The zero-order valence-electron chi connectivity index (χ0n) is 11.9. The van der Waals surface area contributed by atoms with Gasteiger partial charge in [-0.15, -0.1) is 0 Å². The summed E-state index contributed by atoms with van der Waals surface area (Å²) in [6, 6.07) is 13.6. The Morgan fingerprint density at radius 2 is 1.78 bits per heavy atom. The molecule has 3 aromatic rings. The van der Waals surface area contributed by atoms with Crippen LogP contribution < -0.4 is 10.9 Å². The summed E-state index contributed by atoms with van der Waals surface area (Å²) in [4.78, 5) is 23.8. The minimum absolute atomic E-state index is 0.00207. The van der Waals surface area contributed by atoms with Crippen molar-refractivity contribution in [3.63, 3.8) is 0 Å². The predicted molar refractivity (Wildman–Crippen MR) is 84.8 cm³/mol. The van der Waals surface area contributed by atoms with Crippen molar-refractivity contribution in [1.82, 2.24) is 16.0 Å². The average Bonchev–Trinajstić information content (AvgIpc) is 2.96. The van der Waals surface area contributed by atoms with Gasteiger partial charge in [-0.1, -0.05) is 28.9 Å². The maximum atomic E-state index is 11.9. The third-order valence-corrected chi connectivity index (χ3v) is 3.45. The lowest BCUT2D eigenvalue weighted by Gasteiger charge is -2.06. The van der Waals surface area contributed by atoms with Gasteiger partial charge < -0.3 is 4.52 Å². The summed E-state index contributed by atoms with van der Waals surface area (Å²) in [7, 11) is 0. The first-order valence-electron chi connectivity index (χ1n) is 6.81. The van der Waals surface area contributed by atoms with Crippen molar-refractivity contribution < 1.29 is 14.1 Å². The van der Waals surface area contributed by atoms with E-state index in [4.69, 9.17) is 16.1 Å². The number of aromatic nitrogens is 1. The number of amides is 2. The van der Waals surface area contributed by atoms with Crippen molar-refractivity contribution in [3.8, 4) is 0 Å². The van der Waals surface area contributed by atoms with E-state index in [0.717, 1.165) is 5.39 Å². The molecule has 23 heavy (non-hydrogen) atoms. The molecular formula is C16H12ClN3O3. The van der Waals surface area contributed by atoms with Crippen molar-refractivity contribution in [2.24, 2.45) is 0 Å². The summed E-state index contributed by atoms with van der Waals surface area (Å²) in [5.74, 6) is -0.827. The molecule has 0 saturated heterocycles. The highest BCUT2D eigenvalue weighted by molar-refractivity contribution is 6.30. The summed E-state index contributed by atoms with van der Waals surface area (Å²) < 4.78 is 5.13. The van der Waals surface area contributed by atoms with Gasteiger partial charge in [-0.05, 0) is 36.4 Å². The van der Waals surface area contributed by atoms with Gasteiger partial charge in [0, 0.05) is 16.0 Å². The number of hydrogen-bond acceptors (Lipinski definition) is 4. The third-order valence-electron chi connectivity index (χ3n) is 3.20. The van der Waals surface area contributed by atoms with Crippen molar-refractivity contribution in [2.45, 2.75) is 6.42 Å². The van der Waals surface area contributed by atoms with Crippen LogP contribution in [0.3, 0.4) is 0 Å². The monoisotopic (exact) mass is 329 g/mol. The van der Waals surface area contributed by atoms with Gasteiger partial charge in [0.15, 0.2) is 5.58 Å². The molecule has 0 aliphatic rings. The summed E-state index contributed by atoms with van der Waals surface area (Å²) >= 11 is 5.75. The summed E-state index contributed by atoms with van der Waals surface area (Å²) in [6.45, 7) is 0. The van der Waals surface area contributed by atoms with Gasteiger partial charge in [0.05, 0.1) is 6.42 Å². The van der Waals surface area contributed by atoms with Crippen molar-refractivity contribution >= 4 is 34.4 Å². The van der Waals surface area contributed by atoms with E-state index in [2.05, 4.69) is 16.0 Å². The molecule has 1 aromatic heterocycles. The Morgan fingerprint density at radius 3 is 2.57 bits per heavy atom. The Hall–Kier alpha value is -2.86. The number of para-hydroxylation sites is 1. The lowest BCUT2D eigenvalue weighted by molar-refractivity contribution is -0.121. The van der Waals surface area contributed by atoms with E-state index < -0.39 is 11.8 Å². The Kier molecular flexibility index (Phi) is 4.25. The van der Waals surface area contributed by atoms with Crippen LogP contribution in [0.5, 0.6) is 0 Å². The molecule has 0 radical (unpaired) electrons. The maximum Gasteiger partial charge on any atom is 0.269 e. The third kappa shape index (κ3) is 3.49. The molecule has 1 heterocycles. The quantitative estimate of drug-likeness (QED) is 0.723. The molecule has 6 nitrogen and oxygen atoms in total. The van der Waals surface area contributed by atoms with E-state index in [1.165, 1.54) is 0 Å². The fourth-order valence-corrected chi connectivity index (χ4v) is 2.19. The van der Waals surface area contributed by atoms with Gasteiger partial charge in [-0.25, -0.2) is 0 Å². The summed E-state index contributed by atoms with van der Waals surface area (Å²) in [5, 5.41) is 5.17. The normalized spacial score (nSPS) is 10.5. The van der Waals surface area contributed by atoms with E-state index in [1.54, 1.807) is 30.3 Å². The number of rotatable bonds is 3. The molecular weight excluding hydrogens is 318 g/mol. The van der Waals surface area contributed by atoms with Crippen LogP contribution in [0.2, 0.25) is 5.02 Å². The van der Waals surface area contributed by atoms with E-state index in [0.29, 0.717) is 21.9 Å². The van der Waals surface area contributed by atoms with E-state index in [-0.39, 0.29) is 6.42 Å². The van der Waals surface area contributed by atoms with Crippen molar-refractivity contribution in [3.05, 3.63) is 64.8 Å². The molecule has 2 amide bonds. The Bertz CT molecular complexity index is 858. The van der Waals surface area contributed by atoms with Crippen LogP contribution in [0.15, 0.2) is 53.1 Å². The number of carbonyl (C=O) groups is 2. The number of benzene rings is 2. The molecule has 116 valence electrons. The second-order valence-electron chi connectivity index (χ2n) is 4.81. The number of hydrogen-bond donors (Lipinski definition) is 2. The number of nitrogens with one attached hydrogen (secondary N) is 2. The zero-order chi connectivity index (χ0) is 16.2. The van der Waals surface area contributed by atoms with Crippen molar-refractivity contribution in [2.75, 3.05) is 0 Å². The van der Waals surface area contributed by atoms with Gasteiger partial charge in [-0.2, -0.15) is 0 Å². The molecule has 0 saturated carbocycles. The van der Waals surface area contributed by atoms with Gasteiger partial charge >= 0.3 is 0 Å². The SMILES string of the molecule is O=C(Cc1noc2ccccc12)NNC(=O)c1ccc(Cl)cc1. The first-order valence-corrected chi connectivity index (χ1v) is 7.19.